The average Bonchev–Trinajstić information content (AvgIpc) is 2.48. The lowest BCUT2D eigenvalue weighted by molar-refractivity contribution is 0.0697. The Morgan fingerprint density at radius 1 is 1.20 bits per heavy atom. The van der Waals surface area contributed by atoms with Gasteiger partial charge in [0.05, 0.1) is 12.2 Å². The number of benzene rings is 1. The minimum absolute atomic E-state index is 0.258. The van der Waals surface area contributed by atoms with Crippen LogP contribution in [0.15, 0.2) is 48.7 Å². The molecule has 20 heavy (non-hydrogen) atoms. The number of carboxylic acid groups (broad SMARTS) is 1. The van der Waals surface area contributed by atoms with E-state index in [4.69, 9.17) is 9.84 Å². The highest BCUT2D eigenvalue weighted by molar-refractivity contribution is 5.87. The average molecular weight is 272 g/mol. The van der Waals surface area contributed by atoms with Gasteiger partial charge < -0.3 is 15.2 Å². The van der Waals surface area contributed by atoms with Crippen LogP contribution in [0.2, 0.25) is 0 Å². The molecular weight excluding hydrogens is 256 g/mol. The SMILES string of the molecule is O=C(O)c1ccc(OCCCNc2ccccn2)cc1. The Morgan fingerprint density at radius 2 is 2.00 bits per heavy atom. The van der Waals surface area contributed by atoms with Crippen LogP contribution in [-0.2, 0) is 0 Å². The maximum Gasteiger partial charge on any atom is 0.335 e. The van der Waals surface area contributed by atoms with Gasteiger partial charge in [-0.25, -0.2) is 9.78 Å². The molecule has 5 nitrogen and oxygen atoms in total. The smallest absolute Gasteiger partial charge is 0.335 e. The number of aromatic carboxylic acids is 1. The first-order valence-corrected chi connectivity index (χ1v) is 6.37. The van der Waals surface area contributed by atoms with Gasteiger partial charge in [0.2, 0.25) is 0 Å². The molecule has 1 aromatic carbocycles. The van der Waals surface area contributed by atoms with E-state index in [1.165, 1.54) is 12.1 Å². The summed E-state index contributed by atoms with van der Waals surface area (Å²) in [6.45, 7) is 1.33. The Kier molecular flexibility index (Phi) is 4.94. The van der Waals surface area contributed by atoms with Crippen LogP contribution in [0, 0.1) is 0 Å². The van der Waals surface area contributed by atoms with Crippen LogP contribution < -0.4 is 10.1 Å². The molecule has 5 heteroatoms. The summed E-state index contributed by atoms with van der Waals surface area (Å²) in [5, 5.41) is 12.0. The lowest BCUT2D eigenvalue weighted by Gasteiger charge is -2.07. The third-order valence-electron chi connectivity index (χ3n) is 2.66. The van der Waals surface area contributed by atoms with Crippen molar-refractivity contribution >= 4 is 11.8 Å². The van der Waals surface area contributed by atoms with Crippen molar-refractivity contribution in [2.75, 3.05) is 18.5 Å². The number of aromatic nitrogens is 1. The van der Waals surface area contributed by atoms with E-state index in [1.807, 2.05) is 18.2 Å². The number of carboxylic acids is 1. The molecule has 0 aliphatic rings. The van der Waals surface area contributed by atoms with Crippen molar-refractivity contribution in [3.63, 3.8) is 0 Å². The number of nitrogens with zero attached hydrogens (tertiary/aromatic N) is 1. The van der Waals surface area contributed by atoms with Gasteiger partial charge >= 0.3 is 5.97 Å². The predicted octanol–water partition coefficient (Wildman–Crippen LogP) is 2.66. The van der Waals surface area contributed by atoms with Crippen molar-refractivity contribution in [3.8, 4) is 5.75 Å². The van der Waals surface area contributed by atoms with Gasteiger partial charge in [-0.05, 0) is 42.8 Å². The van der Waals surface area contributed by atoms with Crippen molar-refractivity contribution in [1.82, 2.24) is 4.98 Å². The van der Waals surface area contributed by atoms with Gasteiger partial charge in [0, 0.05) is 12.7 Å². The van der Waals surface area contributed by atoms with Crippen LogP contribution in [-0.4, -0.2) is 29.2 Å². The Hall–Kier alpha value is -2.56. The summed E-state index contributed by atoms with van der Waals surface area (Å²) in [6.07, 6.45) is 2.57. The number of ether oxygens (including phenoxy) is 1. The first-order chi connectivity index (χ1) is 9.75. The van der Waals surface area contributed by atoms with E-state index in [-0.39, 0.29) is 5.56 Å². The fraction of sp³-hybridized carbons (Fsp3) is 0.200. The number of pyridine rings is 1. The fourth-order valence-electron chi connectivity index (χ4n) is 1.64. The highest BCUT2D eigenvalue weighted by Crippen LogP contribution is 2.12. The predicted molar refractivity (Wildman–Crippen MR) is 76.2 cm³/mol. The first kappa shape index (κ1) is 13.9. The quantitative estimate of drug-likeness (QED) is 0.758. The number of nitrogens with one attached hydrogen (secondary N) is 1. The standard InChI is InChI=1S/C15H16N2O3/c18-15(19)12-5-7-13(8-6-12)20-11-3-10-17-14-4-1-2-9-16-14/h1-2,4-9H,3,10-11H2,(H,16,17)(H,18,19). The maximum absolute atomic E-state index is 10.7. The van der Waals surface area contributed by atoms with E-state index in [0.717, 1.165) is 18.8 Å². The molecule has 0 fully saturated rings. The molecule has 104 valence electrons. The minimum atomic E-state index is -0.934. The topological polar surface area (TPSA) is 71.5 Å². The normalized spacial score (nSPS) is 10.0. The Balaban J connectivity index is 1.67. The van der Waals surface area contributed by atoms with Crippen molar-refractivity contribution in [2.45, 2.75) is 6.42 Å². The Morgan fingerprint density at radius 3 is 2.65 bits per heavy atom. The summed E-state index contributed by atoms with van der Waals surface area (Å²) in [5.74, 6) is 0.585. The molecule has 0 unspecified atom stereocenters. The minimum Gasteiger partial charge on any atom is -0.494 e. The van der Waals surface area contributed by atoms with Crippen LogP contribution in [0.25, 0.3) is 0 Å². The monoisotopic (exact) mass is 272 g/mol. The largest absolute Gasteiger partial charge is 0.494 e. The number of hydrogen-bond acceptors (Lipinski definition) is 4. The van der Waals surface area contributed by atoms with Crippen molar-refractivity contribution in [2.24, 2.45) is 0 Å². The van der Waals surface area contributed by atoms with Crippen LogP contribution in [0.5, 0.6) is 5.75 Å². The molecule has 1 aromatic heterocycles. The second-order valence-corrected chi connectivity index (χ2v) is 4.17. The van der Waals surface area contributed by atoms with Gasteiger partial charge in [-0.1, -0.05) is 6.07 Å². The van der Waals surface area contributed by atoms with E-state index in [1.54, 1.807) is 18.3 Å². The molecule has 0 aliphatic heterocycles. The third kappa shape index (κ3) is 4.28. The van der Waals surface area contributed by atoms with Crippen LogP contribution >= 0.6 is 0 Å². The van der Waals surface area contributed by atoms with E-state index in [0.29, 0.717) is 12.4 Å². The zero-order chi connectivity index (χ0) is 14.2. The molecule has 2 aromatic rings. The summed E-state index contributed by atoms with van der Waals surface area (Å²) in [6, 6.07) is 12.1. The lowest BCUT2D eigenvalue weighted by Crippen LogP contribution is -2.08. The second kappa shape index (κ2) is 7.13. The maximum atomic E-state index is 10.7. The van der Waals surface area contributed by atoms with Crippen LogP contribution in [0.3, 0.4) is 0 Å². The molecule has 0 amide bonds. The van der Waals surface area contributed by atoms with Crippen LogP contribution in [0.1, 0.15) is 16.8 Å². The van der Waals surface area contributed by atoms with Gasteiger partial charge in [0.15, 0.2) is 0 Å². The highest BCUT2D eigenvalue weighted by atomic mass is 16.5. The molecule has 2 rings (SSSR count). The van der Waals surface area contributed by atoms with E-state index < -0.39 is 5.97 Å². The zero-order valence-corrected chi connectivity index (χ0v) is 11.0. The van der Waals surface area contributed by atoms with Gasteiger partial charge in [-0.3, -0.25) is 0 Å². The van der Waals surface area contributed by atoms with Crippen molar-refractivity contribution in [3.05, 3.63) is 54.2 Å². The molecule has 1 heterocycles. The highest BCUT2D eigenvalue weighted by Gasteiger charge is 2.01. The molecule has 0 bridgehead atoms. The molecule has 2 N–H and O–H groups in total. The molecule has 0 aliphatic carbocycles. The second-order valence-electron chi connectivity index (χ2n) is 4.17. The number of rotatable bonds is 7. The summed E-state index contributed by atoms with van der Waals surface area (Å²) in [5.41, 5.74) is 0.258. The van der Waals surface area contributed by atoms with Gasteiger partial charge in [-0.15, -0.1) is 0 Å². The molecule has 0 saturated heterocycles. The molecular formula is C15H16N2O3. The van der Waals surface area contributed by atoms with Gasteiger partial charge in [0.25, 0.3) is 0 Å². The third-order valence-corrected chi connectivity index (χ3v) is 2.66. The van der Waals surface area contributed by atoms with Crippen molar-refractivity contribution < 1.29 is 14.6 Å². The van der Waals surface area contributed by atoms with E-state index >= 15 is 0 Å². The molecule has 0 saturated carbocycles. The number of anilines is 1. The summed E-state index contributed by atoms with van der Waals surface area (Å²) < 4.78 is 5.53. The Bertz CT molecular complexity index is 541. The summed E-state index contributed by atoms with van der Waals surface area (Å²) >= 11 is 0. The molecule has 0 spiro atoms. The van der Waals surface area contributed by atoms with Crippen LogP contribution in [0.4, 0.5) is 5.82 Å². The van der Waals surface area contributed by atoms with Crippen molar-refractivity contribution in [1.29, 1.82) is 0 Å². The Labute approximate surface area is 117 Å². The lowest BCUT2D eigenvalue weighted by atomic mass is 10.2. The van der Waals surface area contributed by atoms with E-state index in [9.17, 15) is 4.79 Å². The van der Waals surface area contributed by atoms with Gasteiger partial charge in [0.1, 0.15) is 11.6 Å². The fourth-order valence-corrected chi connectivity index (χ4v) is 1.64. The summed E-state index contributed by atoms with van der Waals surface area (Å²) in [7, 11) is 0. The number of carbonyl (C=O) groups is 1. The summed E-state index contributed by atoms with van der Waals surface area (Å²) in [4.78, 5) is 14.8. The zero-order valence-electron chi connectivity index (χ0n) is 11.0. The van der Waals surface area contributed by atoms with E-state index in [2.05, 4.69) is 10.3 Å². The van der Waals surface area contributed by atoms with Gasteiger partial charge in [-0.2, -0.15) is 0 Å². The molecule has 0 atom stereocenters. The molecule has 0 radical (unpaired) electrons. The number of hydrogen-bond donors (Lipinski definition) is 2. The first-order valence-electron chi connectivity index (χ1n) is 6.37.